The maximum absolute atomic E-state index is 13.3. The van der Waals surface area contributed by atoms with Gasteiger partial charge in [0.05, 0.1) is 5.54 Å². The molecule has 1 aromatic carbocycles. The molecule has 1 aromatic rings. The Balaban J connectivity index is 2.54. The molecule has 0 unspecified atom stereocenters. The maximum Gasteiger partial charge on any atom is 0.235 e. The number of halogens is 1. The van der Waals surface area contributed by atoms with Gasteiger partial charge in [-0.05, 0) is 43.0 Å². The van der Waals surface area contributed by atoms with E-state index in [-0.39, 0.29) is 5.82 Å². The van der Waals surface area contributed by atoms with Crippen molar-refractivity contribution in [3.63, 3.8) is 0 Å². The van der Waals surface area contributed by atoms with Crippen LogP contribution in [0.3, 0.4) is 0 Å². The Morgan fingerprint density at radius 2 is 2.06 bits per heavy atom. The number of hydrogen-bond acceptors (Lipinski definition) is 2. The molecule has 1 aliphatic carbocycles. The van der Waals surface area contributed by atoms with Gasteiger partial charge in [0.25, 0.3) is 0 Å². The van der Waals surface area contributed by atoms with E-state index in [2.05, 4.69) is 4.99 Å². The molecule has 0 aromatic heterocycles. The molecule has 0 radical (unpaired) electrons. The quantitative estimate of drug-likeness (QED) is 0.554. The van der Waals surface area contributed by atoms with Crippen LogP contribution < -0.4 is 0 Å². The first-order chi connectivity index (χ1) is 7.68. The van der Waals surface area contributed by atoms with E-state index in [0.717, 1.165) is 36.8 Å². The van der Waals surface area contributed by atoms with Crippen molar-refractivity contribution in [3.8, 4) is 0 Å². The summed E-state index contributed by atoms with van der Waals surface area (Å²) in [5.74, 6) is -0.270. The summed E-state index contributed by atoms with van der Waals surface area (Å²) in [4.78, 5) is 14.5. The van der Waals surface area contributed by atoms with E-state index in [9.17, 15) is 9.18 Å². The normalized spacial score (nSPS) is 18.1. The zero-order valence-corrected chi connectivity index (χ0v) is 9.29. The number of carbonyl (C=O) groups excluding carboxylic acids is 1. The van der Waals surface area contributed by atoms with E-state index < -0.39 is 5.54 Å². The van der Waals surface area contributed by atoms with Gasteiger partial charge in [0.15, 0.2) is 0 Å². The van der Waals surface area contributed by atoms with Crippen LogP contribution in [0.4, 0.5) is 4.39 Å². The van der Waals surface area contributed by atoms with Crippen LogP contribution in [0.2, 0.25) is 0 Å². The summed E-state index contributed by atoms with van der Waals surface area (Å²) in [7, 11) is 0. The highest BCUT2D eigenvalue weighted by Crippen LogP contribution is 2.43. The molecule has 0 atom stereocenters. The zero-order valence-electron chi connectivity index (χ0n) is 9.29. The number of aliphatic imine (C=N–C) groups is 1. The van der Waals surface area contributed by atoms with Crippen molar-refractivity contribution in [3.05, 3.63) is 35.1 Å². The van der Waals surface area contributed by atoms with Crippen molar-refractivity contribution in [1.29, 1.82) is 0 Å². The van der Waals surface area contributed by atoms with Crippen LogP contribution >= 0.6 is 0 Å². The van der Waals surface area contributed by atoms with Gasteiger partial charge in [0.1, 0.15) is 5.82 Å². The SMILES string of the molecule is Cc1ccc(F)cc1C1(N=C=O)CCCC1. The second-order valence-electron chi connectivity index (χ2n) is 4.40. The van der Waals surface area contributed by atoms with Crippen LogP contribution in [-0.2, 0) is 10.3 Å². The van der Waals surface area contributed by atoms with Crippen LogP contribution in [0.25, 0.3) is 0 Å². The van der Waals surface area contributed by atoms with Gasteiger partial charge in [-0.2, -0.15) is 4.99 Å². The molecule has 84 valence electrons. The van der Waals surface area contributed by atoms with Gasteiger partial charge < -0.3 is 0 Å². The fourth-order valence-corrected chi connectivity index (χ4v) is 2.58. The highest BCUT2D eigenvalue weighted by molar-refractivity contribution is 5.41. The highest BCUT2D eigenvalue weighted by Gasteiger charge is 2.36. The summed E-state index contributed by atoms with van der Waals surface area (Å²) in [6.07, 6.45) is 5.33. The van der Waals surface area contributed by atoms with Crippen molar-refractivity contribution < 1.29 is 9.18 Å². The molecular formula is C13H14FNO. The van der Waals surface area contributed by atoms with Crippen molar-refractivity contribution in [2.24, 2.45) is 4.99 Å². The van der Waals surface area contributed by atoms with Crippen molar-refractivity contribution >= 4 is 6.08 Å². The van der Waals surface area contributed by atoms with E-state index in [0.29, 0.717) is 0 Å². The summed E-state index contributed by atoms with van der Waals surface area (Å²) in [5.41, 5.74) is 1.31. The highest BCUT2D eigenvalue weighted by atomic mass is 19.1. The van der Waals surface area contributed by atoms with Gasteiger partial charge in [-0.15, -0.1) is 0 Å². The Morgan fingerprint density at radius 1 is 1.38 bits per heavy atom. The Labute approximate surface area is 94.2 Å². The average Bonchev–Trinajstić information content (AvgIpc) is 2.72. The predicted molar refractivity (Wildman–Crippen MR) is 59.4 cm³/mol. The first kappa shape index (κ1) is 11.0. The van der Waals surface area contributed by atoms with E-state index in [1.807, 2.05) is 6.92 Å². The first-order valence-electron chi connectivity index (χ1n) is 5.54. The first-order valence-corrected chi connectivity index (χ1v) is 5.54. The smallest absolute Gasteiger partial charge is 0.211 e. The van der Waals surface area contributed by atoms with Crippen molar-refractivity contribution in [2.75, 3.05) is 0 Å². The fourth-order valence-electron chi connectivity index (χ4n) is 2.58. The van der Waals surface area contributed by atoms with Gasteiger partial charge in [-0.1, -0.05) is 18.9 Å². The number of isocyanates is 1. The van der Waals surface area contributed by atoms with Crippen LogP contribution in [-0.4, -0.2) is 6.08 Å². The monoisotopic (exact) mass is 219 g/mol. The van der Waals surface area contributed by atoms with E-state index in [1.54, 1.807) is 12.1 Å². The third-order valence-corrected chi connectivity index (χ3v) is 3.39. The van der Waals surface area contributed by atoms with Crippen molar-refractivity contribution in [2.45, 2.75) is 38.1 Å². The minimum Gasteiger partial charge on any atom is -0.211 e. The maximum atomic E-state index is 13.3. The van der Waals surface area contributed by atoms with Crippen LogP contribution in [0, 0.1) is 12.7 Å². The Hall–Kier alpha value is -1.47. The Morgan fingerprint density at radius 3 is 2.69 bits per heavy atom. The lowest BCUT2D eigenvalue weighted by Gasteiger charge is -2.24. The minimum atomic E-state index is -0.520. The second-order valence-corrected chi connectivity index (χ2v) is 4.40. The molecule has 2 nitrogen and oxygen atoms in total. The summed E-state index contributed by atoms with van der Waals surface area (Å²) in [6, 6.07) is 4.68. The standard InChI is InChI=1S/C13H14FNO/c1-10-4-5-11(14)8-12(10)13(15-9-16)6-2-3-7-13/h4-5,8H,2-3,6-7H2,1H3. The molecule has 3 heteroatoms. The number of hydrogen-bond donors (Lipinski definition) is 0. The molecule has 0 bridgehead atoms. The Kier molecular flexibility index (Phi) is 2.88. The van der Waals surface area contributed by atoms with Gasteiger partial charge in [-0.25, -0.2) is 9.18 Å². The van der Waals surface area contributed by atoms with Gasteiger partial charge in [0, 0.05) is 0 Å². The topological polar surface area (TPSA) is 29.4 Å². The molecule has 0 spiro atoms. The molecule has 1 saturated carbocycles. The van der Waals surface area contributed by atoms with E-state index in [1.165, 1.54) is 12.1 Å². The van der Waals surface area contributed by atoms with Gasteiger partial charge in [-0.3, -0.25) is 0 Å². The molecule has 0 N–H and O–H groups in total. The molecular weight excluding hydrogens is 205 g/mol. The lowest BCUT2D eigenvalue weighted by molar-refractivity contribution is 0.450. The summed E-state index contributed by atoms with van der Waals surface area (Å²) >= 11 is 0. The second kappa shape index (κ2) is 4.18. The Bertz CT molecular complexity index is 443. The zero-order chi connectivity index (χ0) is 11.6. The van der Waals surface area contributed by atoms with Crippen LogP contribution in [0.5, 0.6) is 0 Å². The van der Waals surface area contributed by atoms with Crippen LogP contribution in [0.15, 0.2) is 23.2 Å². The summed E-state index contributed by atoms with van der Waals surface area (Å²) < 4.78 is 13.3. The molecule has 16 heavy (non-hydrogen) atoms. The molecule has 0 aliphatic heterocycles. The number of nitrogens with zero attached hydrogens (tertiary/aromatic N) is 1. The van der Waals surface area contributed by atoms with E-state index in [4.69, 9.17) is 0 Å². The minimum absolute atomic E-state index is 0.270. The molecule has 2 rings (SSSR count). The number of benzene rings is 1. The average molecular weight is 219 g/mol. The molecule has 0 saturated heterocycles. The largest absolute Gasteiger partial charge is 0.235 e. The fraction of sp³-hybridized carbons (Fsp3) is 0.462. The molecule has 0 amide bonds. The molecule has 1 aliphatic rings. The molecule has 1 fully saturated rings. The third-order valence-electron chi connectivity index (χ3n) is 3.39. The third kappa shape index (κ3) is 1.79. The summed E-state index contributed by atoms with van der Waals surface area (Å²) in [6.45, 7) is 1.93. The van der Waals surface area contributed by atoms with E-state index >= 15 is 0 Å². The lowest BCUT2D eigenvalue weighted by atomic mass is 9.86. The van der Waals surface area contributed by atoms with Gasteiger partial charge >= 0.3 is 0 Å². The number of aryl methyl sites for hydroxylation is 1. The molecule has 0 heterocycles. The van der Waals surface area contributed by atoms with Crippen LogP contribution in [0.1, 0.15) is 36.8 Å². The summed E-state index contributed by atoms with van der Waals surface area (Å²) in [5, 5.41) is 0. The predicted octanol–water partition coefficient (Wildman–Crippen LogP) is 3.24. The van der Waals surface area contributed by atoms with Crippen molar-refractivity contribution in [1.82, 2.24) is 0 Å². The van der Waals surface area contributed by atoms with Gasteiger partial charge in [0.2, 0.25) is 6.08 Å². The number of rotatable bonds is 2. The lowest BCUT2D eigenvalue weighted by Crippen LogP contribution is -2.20.